The molecule has 1 aliphatic rings. The van der Waals surface area contributed by atoms with Gasteiger partial charge in [0.15, 0.2) is 0 Å². The molecule has 1 nitrogen and oxygen atoms in total. The molecule has 0 aliphatic carbocycles. The van der Waals surface area contributed by atoms with Gasteiger partial charge in [-0.05, 0) is 19.3 Å². The highest BCUT2D eigenvalue weighted by atomic mass is 35.5. The lowest BCUT2D eigenvalue weighted by Gasteiger charge is -2.19. The predicted molar refractivity (Wildman–Crippen MR) is 52.6 cm³/mol. The Morgan fingerprint density at radius 3 is 3.00 bits per heavy atom. The van der Waals surface area contributed by atoms with Gasteiger partial charge in [-0.25, -0.2) is 0 Å². The summed E-state index contributed by atoms with van der Waals surface area (Å²) in [5.74, 6) is 1.29. The minimum absolute atomic E-state index is 0.618. The van der Waals surface area contributed by atoms with Crippen LogP contribution in [0.3, 0.4) is 0 Å². The van der Waals surface area contributed by atoms with Gasteiger partial charge in [-0.1, -0.05) is 18.6 Å². The van der Waals surface area contributed by atoms with Crippen LogP contribution >= 0.6 is 11.6 Å². The maximum Gasteiger partial charge on any atom is 0.0528 e. The molecule has 12 heavy (non-hydrogen) atoms. The zero-order chi connectivity index (χ0) is 8.81. The van der Waals surface area contributed by atoms with Gasteiger partial charge in [-0.3, -0.25) is 0 Å². The maximum atomic E-state index is 5.78. The van der Waals surface area contributed by atoms with Crippen LogP contribution in [0.5, 0.6) is 0 Å². The zero-order valence-electron chi connectivity index (χ0n) is 7.68. The SMILES string of the molecule is CC/C(=C\C1CCCOC1)CCl. The summed E-state index contributed by atoms with van der Waals surface area (Å²) in [5, 5.41) is 0. The van der Waals surface area contributed by atoms with Gasteiger partial charge in [0.05, 0.1) is 6.61 Å². The van der Waals surface area contributed by atoms with E-state index in [2.05, 4.69) is 13.0 Å². The van der Waals surface area contributed by atoms with Crippen LogP contribution in [0.15, 0.2) is 11.6 Å². The van der Waals surface area contributed by atoms with Crippen molar-refractivity contribution in [2.75, 3.05) is 19.1 Å². The fraction of sp³-hybridized carbons (Fsp3) is 0.800. The number of hydrogen-bond acceptors (Lipinski definition) is 1. The molecule has 1 heterocycles. The lowest BCUT2D eigenvalue weighted by atomic mass is 9.99. The molecule has 1 fully saturated rings. The van der Waals surface area contributed by atoms with Crippen molar-refractivity contribution >= 4 is 11.6 Å². The molecule has 0 aromatic carbocycles. The van der Waals surface area contributed by atoms with Gasteiger partial charge in [0, 0.05) is 18.4 Å². The summed E-state index contributed by atoms with van der Waals surface area (Å²) >= 11 is 5.78. The zero-order valence-corrected chi connectivity index (χ0v) is 8.44. The summed E-state index contributed by atoms with van der Waals surface area (Å²) in [5.41, 5.74) is 1.35. The quantitative estimate of drug-likeness (QED) is 0.489. The molecule has 0 aromatic heterocycles. The van der Waals surface area contributed by atoms with E-state index in [4.69, 9.17) is 16.3 Å². The first-order valence-electron chi connectivity index (χ1n) is 4.70. The largest absolute Gasteiger partial charge is 0.381 e. The highest BCUT2D eigenvalue weighted by Gasteiger charge is 2.11. The third kappa shape index (κ3) is 3.16. The molecule has 0 aromatic rings. The van der Waals surface area contributed by atoms with Crippen LogP contribution in [0.25, 0.3) is 0 Å². The van der Waals surface area contributed by atoms with Gasteiger partial charge in [0.25, 0.3) is 0 Å². The molecule has 2 heteroatoms. The molecular formula is C10H17ClO. The molecule has 0 bridgehead atoms. The Kier molecular flexibility index (Phi) is 4.70. The van der Waals surface area contributed by atoms with Crippen LogP contribution in [0.4, 0.5) is 0 Å². The van der Waals surface area contributed by atoms with Gasteiger partial charge >= 0.3 is 0 Å². The number of allylic oxidation sites excluding steroid dienone is 1. The molecule has 0 amide bonds. The molecule has 0 N–H and O–H groups in total. The second-order valence-corrected chi connectivity index (χ2v) is 3.56. The second-order valence-electron chi connectivity index (χ2n) is 3.29. The highest BCUT2D eigenvalue weighted by Crippen LogP contribution is 2.18. The second kappa shape index (κ2) is 5.60. The van der Waals surface area contributed by atoms with Gasteiger partial charge in [0.2, 0.25) is 0 Å². The van der Waals surface area contributed by atoms with Crippen LogP contribution in [0.2, 0.25) is 0 Å². The first kappa shape index (κ1) is 10.1. The summed E-state index contributed by atoms with van der Waals surface area (Å²) in [6, 6.07) is 0. The van der Waals surface area contributed by atoms with Crippen molar-refractivity contribution in [2.45, 2.75) is 26.2 Å². The van der Waals surface area contributed by atoms with Crippen LogP contribution in [-0.4, -0.2) is 19.1 Å². The predicted octanol–water partition coefficient (Wildman–Crippen LogP) is 2.99. The average Bonchev–Trinajstić information content (AvgIpc) is 2.16. The van der Waals surface area contributed by atoms with Crippen molar-refractivity contribution in [3.05, 3.63) is 11.6 Å². The van der Waals surface area contributed by atoms with Gasteiger partial charge in [-0.2, -0.15) is 0 Å². The van der Waals surface area contributed by atoms with E-state index in [9.17, 15) is 0 Å². The Hall–Kier alpha value is -0.0100. The lowest BCUT2D eigenvalue weighted by molar-refractivity contribution is 0.0707. The summed E-state index contributed by atoms with van der Waals surface area (Å²) in [6.07, 6.45) is 5.83. The van der Waals surface area contributed by atoms with Gasteiger partial charge in [0.1, 0.15) is 0 Å². The number of hydrogen-bond donors (Lipinski definition) is 0. The van der Waals surface area contributed by atoms with Crippen molar-refractivity contribution in [1.29, 1.82) is 0 Å². The Balaban J connectivity index is 2.39. The van der Waals surface area contributed by atoms with Crippen LogP contribution in [0.1, 0.15) is 26.2 Å². The van der Waals surface area contributed by atoms with Crippen LogP contribution < -0.4 is 0 Å². The lowest BCUT2D eigenvalue weighted by Crippen LogP contribution is -2.15. The first-order valence-corrected chi connectivity index (χ1v) is 5.23. The average molecular weight is 189 g/mol. The van der Waals surface area contributed by atoms with Crippen molar-refractivity contribution < 1.29 is 4.74 Å². The smallest absolute Gasteiger partial charge is 0.0528 e. The van der Waals surface area contributed by atoms with E-state index in [1.807, 2.05) is 0 Å². The number of halogens is 1. The Bertz CT molecular complexity index is 142. The standard InChI is InChI=1S/C10H17ClO/c1-2-9(7-11)6-10-4-3-5-12-8-10/h6,10H,2-5,7-8H2,1H3/b9-6+. The Morgan fingerprint density at radius 1 is 1.67 bits per heavy atom. The van der Waals surface area contributed by atoms with Crippen molar-refractivity contribution in [1.82, 2.24) is 0 Å². The Labute approximate surface area is 79.7 Å². The van der Waals surface area contributed by atoms with Crippen LogP contribution in [-0.2, 0) is 4.74 Å². The van der Waals surface area contributed by atoms with Crippen molar-refractivity contribution in [3.63, 3.8) is 0 Å². The van der Waals surface area contributed by atoms with E-state index in [1.165, 1.54) is 18.4 Å². The van der Waals surface area contributed by atoms with Gasteiger partial charge < -0.3 is 4.74 Å². The molecule has 1 saturated heterocycles. The normalized spacial score (nSPS) is 25.8. The van der Waals surface area contributed by atoms with Gasteiger partial charge in [-0.15, -0.1) is 11.6 Å². The first-order chi connectivity index (χ1) is 5.86. The molecule has 70 valence electrons. The van der Waals surface area contributed by atoms with E-state index in [0.717, 1.165) is 19.6 Å². The van der Waals surface area contributed by atoms with E-state index in [0.29, 0.717) is 11.8 Å². The minimum Gasteiger partial charge on any atom is -0.381 e. The summed E-state index contributed by atoms with van der Waals surface area (Å²) < 4.78 is 5.38. The van der Waals surface area contributed by atoms with Crippen molar-refractivity contribution in [3.8, 4) is 0 Å². The van der Waals surface area contributed by atoms with E-state index in [1.54, 1.807) is 0 Å². The number of rotatable bonds is 3. The molecule has 1 aliphatic heterocycles. The molecule has 0 radical (unpaired) electrons. The van der Waals surface area contributed by atoms with Crippen molar-refractivity contribution in [2.24, 2.45) is 5.92 Å². The third-order valence-electron chi connectivity index (χ3n) is 2.29. The molecule has 1 unspecified atom stereocenters. The minimum atomic E-state index is 0.618. The fourth-order valence-electron chi connectivity index (χ4n) is 1.49. The molecule has 0 saturated carbocycles. The highest BCUT2D eigenvalue weighted by molar-refractivity contribution is 6.19. The molecule has 1 rings (SSSR count). The summed E-state index contributed by atoms with van der Waals surface area (Å²) in [7, 11) is 0. The number of ether oxygens (including phenoxy) is 1. The Morgan fingerprint density at radius 2 is 2.50 bits per heavy atom. The summed E-state index contributed by atoms with van der Waals surface area (Å²) in [4.78, 5) is 0. The molecule has 0 spiro atoms. The van der Waals surface area contributed by atoms with Crippen LogP contribution in [0, 0.1) is 5.92 Å². The van der Waals surface area contributed by atoms with E-state index in [-0.39, 0.29) is 0 Å². The fourth-order valence-corrected chi connectivity index (χ4v) is 1.77. The molecule has 1 atom stereocenters. The monoisotopic (exact) mass is 188 g/mol. The number of alkyl halides is 1. The maximum absolute atomic E-state index is 5.78. The summed E-state index contributed by atoms with van der Waals surface area (Å²) in [6.45, 7) is 3.98. The van der Waals surface area contributed by atoms with E-state index >= 15 is 0 Å². The topological polar surface area (TPSA) is 9.23 Å². The van der Waals surface area contributed by atoms with E-state index < -0.39 is 0 Å². The third-order valence-corrected chi connectivity index (χ3v) is 2.64. The molecular weight excluding hydrogens is 172 g/mol.